The molecule has 20 heavy (non-hydrogen) atoms. The first-order chi connectivity index (χ1) is 9.16. The number of nitrogens with zero attached hydrogens (tertiary/aromatic N) is 2. The Hall–Kier alpha value is -0.0800. The van der Waals surface area contributed by atoms with Crippen molar-refractivity contribution in [2.24, 2.45) is 10.8 Å². The van der Waals surface area contributed by atoms with Crippen molar-refractivity contribution < 1.29 is 0 Å². The average Bonchev–Trinajstić information content (AvgIpc) is 2.31. The summed E-state index contributed by atoms with van der Waals surface area (Å²) in [6.45, 7) is 21.8. The van der Waals surface area contributed by atoms with Gasteiger partial charge in [0.25, 0.3) is 0 Å². The second kappa shape index (κ2) is 7.79. The third kappa shape index (κ3) is 8.97. The first-order valence-electron chi connectivity index (χ1n) is 8.60. The van der Waals surface area contributed by atoms with E-state index in [4.69, 9.17) is 0 Å². The monoisotopic (exact) mass is 282 g/mol. The molecule has 0 aromatic carbocycles. The zero-order valence-corrected chi connectivity index (χ0v) is 15.0. The number of rotatable bonds is 6. The van der Waals surface area contributed by atoms with Crippen LogP contribution in [0.15, 0.2) is 0 Å². The van der Waals surface area contributed by atoms with E-state index in [9.17, 15) is 0 Å². The fourth-order valence-electron chi connectivity index (χ4n) is 2.72. The summed E-state index contributed by atoms with van der Waals surface area (Å²) in [5.74, 6) is 0. The Balaban J connectivity index is 2.07. The van der Waals surface area contributed by atoms with Crippen LogP contribution in [0.25, 0.3) is 0 Å². The van der Waals surface area contributed by atoms with Gasteiger partial charge in [-0.1, -0.05) is 48.0 Å². The van der Waals surface area contributed by atoms with Crippen LogP contribution in [-0.2, 0) is 0 Å². The fourth-order valence-corrected chi connectivity index (χ4v) is 2.72. The molecule has 0 spiro atoms. The molecule has 0 saturated carbocycles. The van der Waals surface area contributed by atoms with Gasteiger partial charge in [0.1, 0.15) is 0 Å². The molecular formula is C18H38N2. The molecule has 1 heterocycles. The van der Waals surface area contributed by atoms with Crippen LogP contribution in [0.5, 0.6) is 0 Å². The lowest BCUT2D eigenvalue weighted by molar-refractivity contribution is 0.119. The van der Waals surface area contributed by atoms with Gasteiger partial charge in [0.05, 0.1) is 0 Å². The van der Waals surface area contributed by atoms with Gasteiger partial charge in [0, 0.05) is 26.2 Å². The lowest BCUT2D eigenvalue weighted by atomic mass is 9.90. The molecule has 0 radical (unpaired) electrons. The summed E-state index contributed by atoms with van der Waals surface area (Å²) < 4.78 is 0. The zero-order valence-electron chi connectivity index (χ0n) is 15.0. The van der Waals surface area contributed by atoms with Crippen LogP contribution in [0.2, 0.25) is 0 Å². The van der Waals surface area contributed by atoms with Gasteiger partial charge in [-0.15, -0.1) is 0 Å². The van der Waals surface area contributed by atoms with Crippen molar-refractivity contribution in [3.8, 4) is 0 Å². The van der Waals surface area contributed by atoms with E-state index in [1.807, 2.05) is 0 Å². The van der Waals surface area contributed by atoms with Crippen LogP contribution < -0.4 is 0 Å². The third-order valence-electron chi connectivity index (χ3n) is 4.29. The highest BCUT2D eigenvalue weighted by molar-refractivity contribution is 4.74. The molecule has 1 fully saturated rings. The van der Waals surface area contributed by atoms with Gasteiger partial charge >= 0.3 is 0 Å². The van der Waals surface area contributed by atoms with Gasteiger partial charge in [0.15, 0.2) is 0 Å². The van der Waals surface area contributed by atoms with Crippen LogP contribution >= 0.6 is 0 Å². The van der Waals surface area contributed by atoms with Crippen molar-refractivity contribution in [2.75, 3.05) is 39.3 Å². The summed E-state index contributed by atoms with van der Waals surface area (Å²) in [6, 6.07) is 0. The van der Waals surface area contributed by atoms with Crippen molar-refractivity contribution in [3.63, 3.8) is 0 Å². The lowest BCUT2D eigenvalue weighted by Crippen LogP contribution is -2.47. The summed E-state index contributed by atoms with van der Waals surface area (Å²) in [7, 11) is 0. The van der Waals surface area contributed by atoms with Gasteiger partial charge in [-0.05, 0) is 43.2 Å². The van der Waals surface area contributed by atoms with Crippen LogP contribution in [0.1, 0.15) is 67.2 Å². The molecule has 0 bridgehead atoms. The summed E-state index contributed by atoms with van der Waals surface area (Å²) >= 11 is 0. The van der Waals surface area contributed by atoms with Crippen LogP contribution in [0.3, 0.4) is 0 Å². The van der Waals surface area contributed by atoms with Gasteiger partial charge in [0.2, 0.25) is 0 Å². The Bertz CT molecular complexity index is 252. The predicted molar refractivity (Wildman–Crippen MR) is 90.3 cm³/mol. The minimum atomic E-state index is 0.476. The predicted octanol–water partition coefficient (Wildman–Crippen LogP) is 4.26. The fraction of sp³-hybridized carbons (Fsp3) is 1.00. The van der Waals surface area contributed by atoms with E-state index in [2.05, 4.69) is 51.3 Å². The van der Waals surface area contributed by atoms with E-state index in [-0.39, 0.29) is 0 Å². The van der Waals surface area contributed by atoms with Crippen molar-refractivity contribution >= 4 is 0 Å². The molecule has 1 aliphatic rings. The molecule has 1 aliphatic heterocycles. The first kappa shape index (κ1) is 18.0. The van der Waals surface area contributed by atoms with E-state index in [0.717, 1.165) is 0 Å². The van der Waals surface area contributed by atoms with Gasteiger partial charge < -0.3 is 9.80 Å². The highest BCUT2D eigenvalue weighted by Crippen LogP contribution is 2.22. The minimum absolute atomic E-state index is 0.476. The van der Waals surface area contributed by atoms with Crippen molar-refractivity contribution in [1.82, 2.24) is 9.80 Å². The normalized spacial score (nSPS) is 19.5. The Labute approximate surface area is 127 Å². The zero-order chi connectivity index (χ0) is 15.2. The number of unbranched alkanes of at least 4 members (excludes halogenated alkanes) is 1. The second-order valence-electron chi connectivity index (χ2n) is 9.01. The molecule has 0 amide bonds. The Morgan fingerprint density at radius 3 is 1.50 bits per heavy atom. The van der Waals surface area contributed by atoms with E-state index < -0.39 is 0 Å². The summed E-state index contributed by atoms with van der Waals surface area (Å²) in [5, 5.41) is 0. The maximum Gasteiger partial charge on any atom is 0.0110 e. The third-order valence-corrected chi connectivity index (χ3v) is 4.29. The Morgan fingerprint density at radius 1 is 0.600 bits per heavy atom. The molecule has 0 aromatic rings. The largest absolute Gasteiger partial charge is 0.301 e. The van der Waals surface area contributed by atoms with Crippen LogP contribution in [0, 0.1) is 10.8 Å². The molecule has 1 rings (SSSR count). The topological polar surface area (TPSA) is 6.48 Å². The van der Waals surface area contributed by atoms with Crippen LogP contribution in [0.4, 0.5) is 0 Å². The van der Waals surface area contributed by atoms with Crippen molar-refractivity contribution in [2.45, 2.75) is 67.2 Å². The lowest BCUT2D eigenvalue weighted by Gasteiger charge is -2.36. The van der Waals surface area contributed by atoms with E-state index in [1.165, 1.54) is 65.0 Å². The summed E-state index contributed by atoms with van der Waals surface area (Å²) in [5.41, 5.74) is 0.982. The van der Waals surface area contributed by atoms with E-state index >= 15 is 0 Å². The maximum atomic E-state index is 2.66. The molecule has 2 nitrogen and oxygen atoms in total. The number of hydrogen-bond donors (Lipinski definition) is 0. The van der Waals surface area contributed by atoms with Crippen molar-refractivity contribution in [3.05, 3.63) is 0 Å². The van der Waals surface area contributed by atoms with Gasteiger partial charge in [-0.3, -0.25) is 0 Å². The Kier molecular flexibility index (Phi) is 7.00. The molecule has 120 valence electrons. The van der Waals surface area contributed by atoms with E-state index in [1.54, 1.807) is 0 Å². The van der Waals surface area contributed by atoms with E-state index in [0.29, 0.717) is 10.8 Å². The average molecular weight is 283 g/mol. The van der Waals surface area contributed by atoms with Gasteiger partial charge in [-0.2, -0.15) is 0 Å². The molecule has 0 N–H and O–H groups in total. The van der Waals surface area contributed by atoms with Crippen LogP contribution in [-0.4, -0.2) is 49.1 Å². The summed E-state index contributed by atoms with van der Waals surface area (Å²) in [4.78, 5) is 5.31. The number of hydrogen-bond acceptors (Lipinski definition) is 2. The molecule has 0 aliphatic carbocycles. The first-order valence-corrected chi connectivity index (χ1v) is 8.60. The molecule has 2 heteroatoms. The molecule has 0 atom stereocenters. The van der Waals surface area contributed by atoms with Gasteiger partial charge in [-0.25, -0.2) is 0 Å². The summed E-state index contributed by atoms with van der Waals surface area (Å²) in [6.07, 6.45) is 5.43. The second-order valence-corrected chi connectivity index (χ2v) is 9.01. The quantitative estimate of drug-likeness (QED) is 0.672. The maximum absolute atomic E-state index is 2.66. The SMILES string of the molecule is CC(C)(C)CCCCN1CCN(CCC(C)(C)C)CC1. The van der Waals surface area contributed by atoms with Crippen molar-refractivity contribution in [1.29, 1.82) is 0 Å². The molecular weight excluding hydrogens is 244 g/mol. The highest BCUT2D eigenvalue weighted by Gasteiger charge is 2.19. The Morgan fingerprint density at radius 2 is 1.05 bits per heavy atom. The molecule has 0 unspecified atom stereocenters. The smallest absolute Gasteiger partial charge is 0.0110 e. The highest BCUT2D eigenvalue weighted by atomic mass is 15.3. The minimum Gasteiger partial charge on any atom is -0.301 e. The standard InChI is InChI=1S/C18H38N2/c1-17(2,3)9-7-8-11-19-13-15-20(16-14-19)12-10-18(4,5)6/h7-16H2,1-6H3. The molecule has 0 aromatic heterocycles. The molecule has 1 saturated heterocycles. The number of piperazine rings is 1.